The van der Waals surface area contributed by atoms with E-state index in [1.54, 1.807) is 20.8 Å². The van der Waals surface area contributed by atoms with Gasteiger partial charge in [-0.05, 0) is 82.4 Å². The van der Waals surface area contributed by atoms with Gasteiger partial charge in [-0.3, -0.25) is 9.59 Å². The van der Waals surface area contributed by atoms with Gasteiger partial charge >= 0.3 is 17.9 Å². The minimum Gasteiger partial charge on any atom is -0.465 e. The summed E-state index contributed by atoms with van der Waals surface area (Å²) in [6, 6.07) is 5.74. The van der Waals surface area contributed by atoms with Gasteiger partial charge in [-0.1, -0.05) is 58.2 Å². The SMILES string of the molecule is C=C(C)C(=O)OCC(COC(=O)C(C)(C)CO)Cc1ccc(OC(=O)C2CCC(CCCCC)CC2)c(CC)c1. The van der Waals surface area contributed by atoms with Gasteiger partial charge in [0.2, 0.25) is 0 Å². The topological polar surface area (TPSA) is 99.1 Å². The Balaban J connectivity index is 2.03. The first-order valence-electron chi connectivity index (χ1n) is 14.9. The molecule has 1 aliphatic carbocycles. The molecule has 1 atom stereocenters. The predicted octanol–water partition coefficient (Wildman–Crippen LogP) is 6.38. The molecule has 0 heterocycles. The molecule has 0 radical (unpaired) electrons. The number of ether oxygens (including phenoxy) is 3. The highest BCUT2D eigenvalue weighted by atomic mass is 16.5. The lowest BCUT2D eigenvalue weighted by atomic mass is 9.80. The summed E-state index contributed by atoms with van der Waals surface area (Å²) in [7, 11) is 0. The van der Waals surface area contributed by atoms with Crippen LogP contribution in [0.5, 0.6) is 5.75 Å². The summed E-state index contributed by atoms with van der Waals surface area (Å²) in [5.41, 5.74) is 1.16. The summed E-state index contributed by atoms with van der Waals surface area (Å²) in [5.74, 6) is -0.182. The number of rotatable bonds is 16. The highest BCUT2D eigenvalue weighted by Crippen LogP contribution is 2.33. The first-order chi connectivity index (χ1) is 19.0. The number of benzene rings is 1. The molecule has 2 rings (SSSR count). The monoisotopic (exact) mass is 558 g/mol. The summed E-state index contributed by atoms with van der Waals surface area (Å²) >= 11 is 0. The van der Waals surface area contributed by atoms with Gasteiger partial charge in [-0.15, -0.1) is 0 Å². The quantitative estimate of drug-likeness (QED) is 0.109. The van der Waals surface area contributed by atoms with E-state index >= 15 is 0 Å². The van der Waals surface area contributed by atoms with Crippen LogP contribution in [0.15, 0.2) is 30.4 Å². The van der Waals surface area contributed by atoms with Gasteiger partial charge in [0.25, 0.3) is 0 Å². The molecule has 40 heavy (non-hydrogen) atoms. The molecule has 7 nitrogen and oxygen atoms in total. The maximum Gasteiger partial charge on any atom is 0.333 e. The number of esters is 3. The van der Waals surface area contributed by atoms with Gasteiger partial charge in [0.15, 0.2) is 0 Å². The molecule has 7 heteroatoms. The van der Waals surface area contributed by atoms with Crippen molar-refractivity contribution in [3.8, 4) is 5.75 Å². The molecule has 1 saturated carbocycles. The average molecular weight is 559 g/mol. The van der Waals surface area contributed by atoms with Crippen LogP contribution >= 0.6 is 0 Å². The van der Waals surface area contributed by atoms with Crippen LogP contribution in [0, 0.1) is 23.2 Å². The van der Waals surface area contributed by atoms with Gasteiger partial charge < -0.3 is 19.3 Å². The molecule has 1 aromatic carbocycles. The number of aryl methyl sites for hydroxylation is 1. The fourth-order valence-electron chi connectivity index (χ4n) is 4.97. The molecule has 0 aromatic heterocycles. The zero-order chi connectivity index (χ0) is 29.7. The van der Waals surface area contributed by atoms with Gasteiger partial charge in [0, 0.05) is 11.5 Å². The first kappa shape index (κ1) is 33.5. The van der Waals surface area contributed by atoms with Crippen LogP contribution in [0.2, 0.25) is 0 Å². The summed E-state index contributed by atoms with van der Waals surface area (Å²) in [5, 5.41) is 9.47. The van der Waals surface area contributed by atoms with Crippen LogP contribution < -0.4 is 4.74 Å². The normalized spacial score (nSPS) is 18.1. The van der Waals surface area contributed by atoms with Crippen molar-refractivity contribution in [1.29, 1.82) is 0 Å². The number of hydrogen-bond donors (Lipinski definition) is 1. The molecule has 0 spiro atoms. The van der Waals surface area contributed by atoms with Gasteiger partial charge in [-0.2, -0.15) is 0 Å². The molecule has 1 unspecified atom stereocenters. The Hall–Kier alpha value is -2.67. The van der Waals surface area contributed by atoms with Gasteiger partial charge in [0.05, 0.1) is 31.2 Å². The fourth-order valence-corrected chi connectivity index (χ4v) is 4.97. The second-order valence-corrected chi connectivity index (χ2v) is 12.0. The largest absolute Gasteiger partial charge is 0.465 e. The van der Waals surface area contributed by atoms with E-state index < -0.39 is 17.4 Å². The van der Waals surface area contributed by atoms with Crippen molar-refractivity contribution >= 4 is 17.9 Å². The second-order valence-electron chi connectivity index (χ2n) is 12.0. The van der Waals surface area contributed by atoms with Crippen LogP contribution in [0.25, 0.3) is 0 Å². The lowest BCUT2D eigenvalue weighted by Crippen LogP contribution is -2.32. The van der Waals surface area contributed by atoms with Crippen molar-refractivity contribution in [3.63, 3.8) is 0 Å². The van der Waals surface area contributed by atoms with Gasteiger partial charge in [0.1, 0.15) is 5.75 Å². The Bertz CT molecular complexity index is 989. The van der Waals surface area contributed by atoms with E-state index in [-0.39, 0.29) is 37.6 Å². The predicted molar refractivity (Wildman–Crippen MR) is 156 cm³/mol. The molecule has 1 aromatic rings. The summed E-state index contributed by atoms with van der Waals surface area (Å²) in [6.45, 7) is 12.4. The highest BCUT2D eigenvalue weighted by molar-refractivity contribution is 5.86. The number of carbonyl (C=O) groups is 3. The van der Waals surface area contributed by atoms with Crippen molar-refractivity contribution in [2.45, 2.75) is 98.8 Å². The third kappa shape index (κ3) is 10.7. The van der Waals surface area contributed by atoms with Crippen LogP contribution in [-0.4, -0.2) is 42.8 Å². The van der Waals surface area contributed by atoms with Crippen molar-refractivity contribution in [1.82, 2.24) is 0 Å². The molecule has 0 amide bonds. The average Bonchev–Trinajstić information content (AvgIpc) is 2.95. The Morgan fingerprint density at radius 3 is 2.33 bits per heavy atom. The first-order valence-corrected chi connectivity index (χ1v) is 14.9. The van der Waals surface area contributed by atoms with E-state index in [0.29, 0.717) is 24.2 Å². The summed E-state index contributed by atoms with van der Waals surface area (Å²) in [6.07, 6.45) is 10.2. The maximum absolute atomic E-state index is 13.0. The van der Waals surface area contributed by atoms with Crippen molar-refractivity contribution < 1.29 is 33.7 Å². The third-order valence-corrected chi connectivity index (χ3v) is 7.83. The zero-order valence-corrected chi connectivity index (χ0v) is 25.3. The minimum atomic E-state index is -1.02. The van der Waals surface area contributed by atoms with Crippen LogP contribution in [0.1, 0.15) is 97.1 Å². The van der Waals surface area contributed by atoms with E-state index in [2.05, 4.69) is 13.5 Å². The zero-order valence-electron chi connectivity index (χ0n) is 25.3. The van der Waals surface area contributed by atoms with Gasteiger partial charge in [-0.25, -0.2) is 4.79 Å². The van der Waals surface area contributed by atoms with Crippen molar-refractivity contribution in [3.05, 3.63) is 41.5 Å². The van der Waals surface area contributed by atoms with E-state index in [0.717, 1.165) is 42.7 Å². The van der Waals surface area contributed by atoms with E-state index in [1.807, 2.05) is 25.1 Å². The molecule has 224 valence electrons. The Labute approximate surface area is 240 Å². The molecule has 0 aliphatic heterocycles. The highest BCUT2D eigenvalue weighted by Gasteiger charge is 2.30. The van der Waals surface area contributed by atoms with E-state index in [1.165, 1.54) is 25.7 Å². The summed E-state index contributed by atoms with van der Waals surface area (Å²) < 4.78 is 16.7. The smallest absolute Gasteiger partial charge is 0.333 e. The number of carbonyl (C=O) groups excluding carboxylic acids is 3. The lowest BCUT2D eigenvalue weighted by molar-refractivity contribution is -0.158. The molecular weight excluding hydrogens is 508 g/mol. The molecular formula is C33H50O7. The van der Waals surface area contributed by atoms with Crippen molar-refractivity contribution in [2.24, 2.45) is 23.2 Å². The number of unbranched alkanes of at least 4 members (excludes halogenated alkanes) is 2. The maximum atomic E-state index is 13.0. The van der Waals surface area contributed by atoms with Crippen molar-refractivity contribution in [2.75, 3.05) is 19.8 Å². The number of aliphatic hydroxyl groups is 1. The number of aliphatic hydroxyl groups excluding tert-OH is 1. The molecule has 1 fully saturated rings. The standard InChI is InChI=1S/C33H50O7/c1-7-9-10-11-24-12-15-28(16-13-24)31(36)40-29-17-14-25(19-27(29)8-2)18-26(20-38-30(35)23(3)4)21-39-32(37)33(5,6)22-34/h14,17,19,24,26,28,34H,3,7-13,15-16,18,20-22H2,1-2,4-6H3. The summed E-state index contributed by atoms with van der Waals surface area (Å²) in [4.78, 5) is 37.4. The molecule has 0 saturated heterocycles. The second kappa shape index (κ2) is 16.6. The molecule has 1 aliphatic rings. The minimum absolute atomic E-state index is 0.0328. The fraction of sp³-hybridized carbons (Fsp3) is 0.667. The van der Waals surface area contributed by atoms with Crippen LogP contribution in [0.4, 0.5) is 0 Å². The van der Waals surface area contributed by atoms with Crippen LogP contribution in [-0.2, 0) is 36.7 Å². The molecule has 0 bridgehead atoms. The third-order valence-electron chi connectivity index (χ3n) is 7.83. The Morgan fingerprint density at radius 2 is 1.73 bits per heavy atom. The number of hydrogen-bond acceptors (Lipinski definition) is 7. The Morgan fingerprint density at radius 1 is 1.05 bits per heavy atom. The van der Waals surface area contributed by atoms with E-state index in [9.17, 15) is 19.5 Å². The Kier molecular flexibility index (Phi) is 13.9. The molecule has 1 N–H and O–H groups in total. The van der Waals surface area contributed by atoms with E-state index in [4.69, 9.17) is 14.2 Å². The van der Waals surface area contributed by atoms with Crippen LogP contribution in [0.3, 0.4) is 0 Å². The lowest BCUT2D eigenvalue weighted by Gasteiger charge is -2.27.